The van der Waals surface area contributed by atoms with Gasteiger partial charge in [0, 0.05) is 18.7 Å². The Morgan fingerprint density at radius 3 is 2.50 bits per heavy atom. The topological polar surface area (TPSA) is 12.0 Å². The Kier molecular flexibility index (Phi) is 4.99. The average molecular weight is 145 g/mol. The molecule has 1 nitrogen and oxygen atoms in total. The van der Waals surface area contributed by atoms with E-state index in [1.807, 2.05) is 20.8 Å². The Morgan fingerprint density at radius 1 is 1.60 bits per heavy atom. The normalized spacial score (nSPS) is 23.6. The summed E-state index contributed by atoms with van der Waals surface area (Å²) in [5, 5.41) is 2.83. The second kappa shape index (κ2) is 5.27. The molecule has 0 amide bonds. The van der Waals surface area contributed by atoms with Gasteiger partial charge in [0.2, 0.25) is 0 Å². The van der Waals surface area contributed by atoms with Crippen molar-refractivity contribution in [3.05, 3.63) is 12.0 Å². The summed E-state index contributed by atoms with van der Waals surface area (Å²) in [4.78, 5) is 0. The molecule has 60 valence electrons. The Labute approximate surface area is 62.3 Å². The minimum Gasteiger partial charge on any atom is -0.389 e. The lowest BCUT2D eigenvalue weighted by atomic mass is 10.1. The van der Waals surface area contributed by atoms with E-state index in [9.17, 15) is 4.39 Å². The highest BCUT2D eigenvalue weighted by Crippen LogP contribution is 2.16. The molecule has 0 saturated heterocycles. The minimum absolute atomic E-state index is 0.0174. The summed E-state index contributed by atoms with van der Waals surface area (Å²) in [7, 11) is 0. The van der Waals surface area contributed by atoms with Gasteiger partial charge in [-0.05, 0) is 6.42 Å². The monoisotopic (exact) mass is 145 g/mol. The van der Waals surface area contributed by atoms with Crippen LogP contribution in [-0.2, 0) is 0 Å². The van der Waals surface area contributed by atoms with Gasteiger partial charge < -0.3 is 5.32 Å². The molecule has 0 aromatic carbocycles. The lowest BCUT2D eigenvalue weighted by Gasteiger charge is -2.14. The standard InChI is InChI=1S/C6H10FN.C2H6/c1-5-2-3-8-4-6(5)7;1-2/h4-5,8H,2-3H2,1H3;1-2H3. The zero-order valence-corrected chi connectivity index (χ0v) is 6.95. The molecule has 1 aliphatic rings. The van der Waals surface area contributed by atoms with Gasteiger partial charge in [0.25, 0.3) is 0 Å². The highest BCUT2D eigenvalue weighted by Gasteiger charge is 2.10. The Hall–Kier alpha value is -0.530. The van der Waals surface area contributed by atoms with Crippen molar-refractivity contribution in [1.29, 1.82) is 0 Å². The molecule has 0 spiro atoms. The third kappa shape index (κ3) is 2.85. The lowest BCUT2D eigenvalue weighted by molar-refractivity contribution is 0.433. The molecule has 0 radical (unpaired) electrons. The Morgan fingerprint density at radius 2 is 2.20 bits per heavy atom. The summed E-state index contributed by atoms with van der Waals surface area (Å²) >= 11 is 0. The van der Waals surface area contributed by atoms with Crippen LogP contribution in [0.1, 0.15) is 27.2 Å². The number of allylic oxidation sites excluding steroid dienone is 1. The lowest BCUT2D eigenvalue weighted by Crippen LogP contribution is -2.18. The Balaban J connectivity index is 0.000000371. The molecule has 0 fully saturated rings. The molecular weight excluding hydrogens is 129 g/mol. The van der Waals surface area contributed by atoms with Crippen molar-refractivity contribution < 1.29 is 4.39 Å². The van der Waals surface area contributed by atoms with Gasteiger partial charge >= 0.3 is 0 Å². The van der Waals surface area contributed by atoms with Crippen LogP contribution in [-0.4, -0.2) is 6.54 Å². The van der Waals surface area contributed by atoms with Crippen LogP contribution in [0.5, 0.6) is 0 Å². The van der Waals surface area contributed by atoms with Crippen molar-refractivity contribution in [3.8, 4) is 0 Å². The van der Waals surface area contributed by atoms with Crippen molar-refractivity contribution >= 4 is 0 Å². The van der Waals surface area contributed by atoms with E-state index >= 15 is 0 Å². The van der Waals surface area contributed by atoms with E-state index in [0.717, 1.165) is 13.0 Å². The Bertz CT molecular complexity index is 110. The van der Waals surface area contributed by atoms with E-state index < -0.39 is 0 Å². The van der Waals surface area contributed by atoms with Gasteiger partial charge in [0.1, 0.15) is 5.83 Å². The van der Waals surface area contributed by atoms with Crippen LogP contribution >= 0.6 is 0 Å². The molecule has 1 atom stereocenters. The van der Waals surface area contributed by atoms with E-state index in [1.165, 1.54) is 6.20 Å². The molecule has 0 aromatic rings. The summed E-state index contributed by atoms with van der Waals surface area (Å²) in [6.07, 6.45) is 2.37. The van der Waals surface area contributed by atoms with Crippen molar-refractivity contribution in [2.45, 2.75) is 27.2 Å². The molecule has 2 heteroatoms. The number of nitrogens with one attached hydrogen (secondary N) is 1. The number of hydrogen-bond donors (Lipinski definition) is 1. The SMILES string of the molecule is CC.CC1CCNC=C1F. The van der Waals surface area contributed by atoms with Crippen LogP contribution in [0.25, 0.3) is 0 Å². The summed E-state index contributed by atoms with van der Waals surface area (Å²) in [6.45, 7) is 6.81. The van der Waals surface area contributed by atoms with Gasteiger partial charge in [-0.1, -0.05) is 20.8 Å². The van der Waals surface area contributed by atoms with Gasteiger partial charge in [-0.3, -0.25) is 0 Å². The van der Waals surface area contributed by atoms with Crippen LogP contribution in [0, 0.1) is 5.92 Å². The van der Waals surface area contributed by atoms with E-state index in [4.69, 9.17) is 0 Å². The third-order valence-electron chi connectivity index (χ3n) is 1.43. The summed E-state index contributed by atoms with van der Waals surface area (Å²) < 4.78 is 12.4. The van der Waals surface area contributed by atoms with Gasteiger partial charge in [-0.2, -0.15) is 0 Å². The first-order valence-corrected chi connectivity index (χ1v) is 3.89. The van der Waals surface area contributed by atoms with Crippen LogP contribution in [0.2, 0.25) is 0 Å². The highest BCUT2D eigenvalue weighted by molar-refractivity contribution is 4.98. The number of rotatable bonds is 0. The smallest absolute Gasteiger partial charge is 0.118 e. The minimum atomic E-state index is -0.0174. The summed E-state index contributed by atoms with van der Waals surface area (Å²) in [5.41, 5.74) is 0. The maximum Gasteiger partial charge on any atom is 0.118 e. The second-order valence-electron chi connectivity index (χ2n) is 2.17. The molecule has 1 N–H and O–H groups in total. The van der Waals surface area contributed by atoms with Crippen LogP contribution in [0.15, 0.2) is 12.0 Å². The molecular formula is C8H16FN. The molecule has 0 aromatic heterocycles. The largest absolute Gasteiger partial charge is 0.389 e. The molecule has 1 rings (SSSR count). The fourth-order valence-electron chi connectivity index (χ4n) is 0.750. The quantitative estimate of drug-likeness (QED) is 0.552. The number of halogens is 1. The number of hydrogen-bond acceptors (Lipinski definition) is 1. The molecule has 10 heavy (non-hydrogen) atoms. The van der Waals surface area contributed by atoms with E-state index in [1.54, 1.807) is 0 Å². The van der Waals surface area contributed by atoms with E-state index in [-0.39, 0.29) is 11.7 Å². The first-order chi connectivity index (χ1) is 4.80. The van der Waals surface area contributed by atoms with Gasteiger partial charge in [-0.25, -0.2) is 4.39 Å². The summed E-state index contributed by atoms with van der Waals surface area (Å²) in [5.74, 6) is 0.118. The fraction of sp³-hybridized carbons (Fsp3) is 0.750. The van der Waals surface area contributed by atoms with E-state index in [0.29, 0.717) is 0 Å². The molecule has 1 unspecified atom stereocenters. The fourth-order valence-corrected chi connectivity index (χ4v) is 0.750. The van der Waals surface area contributed by atoms with Crippen LogP contribution in [0.4, 0.5) is 4.39 Å². The summed E-state index contributed by atoms with van der Waals surface area (Å²) in [6, 6.07) is 0. The predicted octanol–water partition coefficient (Wildman–Crippen LogP) is 2.45. The van der Waals surface area contributed by atoms with E-state index in [2.05, 4.69) is 5.32 Å². The van der Waals surface area contributed by atoms with Gasteiger partial charge in [-0.15, -0.1) is 0 Å². The molecule has 0 aliphatic carbocycles. The third-order valence-corrected chi connectivity index (χ3v) is 1.43. The second-order valence-corrected chi connectivity index (χ2v) is 2.17. The molecule has 1 heterocycles. The van der Waals surface area contributed by atoms with Gasteiger partial charge in [0.15, 0.2) is 0 Å². The molecule has 1 aliphatic heterocycles. The zero-order chi connectivity index (χ0) is 7.98. The van der Waals surface area contributed by atoms with Crippen molar-refractivity contribution in [3.63, 3.8) is 0 Å². The maximum atomic E-state index is 12.4. The average Bonchev–Trinajstić information content (AvgIpc) is 2.00. The van der Waals surface area contributed by atoms with Crippen molar-refractivity contribution in [1.82, 2.24) is 5.32 Å². The maximum absolute atomic E-state index is 12.4. The van der Waals surface area contributed by atoms with Crippen molar-refractivity contribution in [2.75, 3.05) is 6.54 Å². The molecule has 0 bridgehead atoms. The first-order valence-electron chi connectivity index (χ1n) is 3.89. The highest BCUT2D eigenvalue weighted by atomic mass is 19.1. The van der Waals surface area contributed by atoms with Crippen LogP contribution in [0.3, 0.4) is 0 Å². The zero-order valence-electron chi connectivity index (χ0n) is 6.95. The molecule has 0 saturated carbocycles. The van der Waals surface area contributed by atoms with Crippen LogP contribution < -0.4 is 5.32 Å². The van der Waals surface area contributed by atoms with Crippen molar-refractivity contribution in [2.24, 2.45) is 5.92 Å². The predicted molar refractivity (Wildman–Crippen MR) is 42.3 cm³/mol. The van der Waals surface area contributed by atoms with Gasteiger partial charge in [0.05, 0.1) is 0 Å². The first kappa shape index (κ1) is 9.47.